The highest BCUT2D eigenvalue weighted by molar-refractivity contribution is 6.23. The Balaban J connectivity index is 1.85. The molecule has 1 saturated heterocycles. The summed E-state index contributed by atoms with van der Waals surface area (Å²) in [6.45, 7) is 4.22. The zero-order valence-corrected chi connectivity index (χ0v) is 15.8. The first-order valence-electron chi connectivity index (χ1n) is 8.92. The van der Waals surface area contributed by atoms with Crippen LogP contribution in [0, 0.1) is 0 Å². The third-order valence-electron chi connectivity index (χ3n) is 4.78. The number of carbonyl (C=O) groups is 2. The van der Waals surface area contributed by atoms with E-state index >= 15 is 0 Å². The Kier molecular flexibility index (Phi) is 5.18. The molecule has 0 aromatic heterocycles. The van der Waals surface area contributed by atoms with Gasteiger partial charge < -0.3 is 0 Å². The molecule has 2 aliphatic rings. The number of aliphatic imine (C=N–C) groups is 1. The van der Waals surface area contributed by atoms with E-state index in [1.165, 1.54) is 22.4 Å². The summed E-state index contributed by atoms with van der Waals surface area (Å²) in [7, 11) is 5.24. The average molecular weight is 356 g/mol. The number of hydrogen-bond acceptors (Lipinski definition) is 4. The fraction of sp³-hybridized carbons (Fsp3) is 0.474. The smallest absolute Gasteiger partial charge is 0.291 e. The van der Waals surface area contributed by atoms with Crippen molar-refractivity contribution >= 4 is 23.6 Å². The molecule has 0 saturated carbocycles. The molecule has 1 atom stereocenters. The number of imide groups is 1. The van der Waals surface area contributed by atoms with Crippen molar-refractivity contribution in [2.75, 3.05) is 34.2 Å². The molecule has 3 rings (SSSR count). The van der Waals surface area contributed by atoms with Crippen molar-refractivity contribution in [3.05, 3.63) is 35.9 Å². The second-order valence-electron chi connectivity index (χ2n) is 6.88. The molecular formula is C19H26N5O2+. The molecule has 0 aliphatic carbocycles. The van der Waals surface area contributed by atoms with E-state index in [9.17, 15) is 9.59 Å². The summed E-state index contributed by atoms with van der Waals surface area (Å²) in [6, 6.07) is 9.41. The van der Waals surface area contributed by atoms with Crippen LogP contribution in [0.25, 0.3) is 0 Å². The first-order chi connectivity index (χ1) is 12.4. The Labute approximate surface area is 154 Å². The number of urea groups is 1. The van der Waals surface area contributed by atoms with Gasteiger partial charge in [0, 0.05) is 20.6 Å². The van der Waals surface area contributed by atoms with Gasteiger partial charge in [-0.3, -0.25) is 19.5 Å². The second-order valence-corrected chi connectivity index (χ2v) is 6.88. The zero-order chi connectivity index (χ0) is 18.8. The summed E-state index contributed by atoms with van der Waals surface area (Å²) in [5.74, 6) is 1.17. The van der Waals surface area contributed by atoms with Crippen molar-refractivity contribution in [2.45, 2.75) is 25.9 Å². The maximum Gasteiger partial charge on any atom is 0.333 e. The van der Waals surface area contributed by atoms with Crippen molar-refractivity contribution in [1.82, 2.24) is 14.7 Å². The number of amidine groups is 2. The Morgan fingerprint density at radius 2 is 1.81 bits per heavy atom. The normalized spacial score (nSPS) is 20.2. The molecule has 7 nitrogen and oxygen atoms in total. The van der Waals surface area contributed by atoms with Gasteiger partial charge in [-0.05, 0) is 24.0 Å². The molecule has 2 aliphatic heterocycles. The first-order valence-corrected chi connectivity index (χ1v) is 8.92. The highest BCUT2D eigenvalue weighted by atomic mass is 16.2. The molecule has 26 heavy (non-hydrogen) atoms. The van der Waals surface area contributed by atoms with Crippen LogP contribution in [0.1, 0.15) is 18.9 Å². The highest BCUT2D eigenvalue weighted by Crippen LogP contribution is 2.19. The second kappa shape index (κ2) is 7.37. The number of fused-ring (bicyclic) bond motifs is 1. The fourth-order valence-electron chi connectivity index (χ4n) is 3.47. The molecule has 1 unspecified atom stereocenters. The van der Waals surface area contributed by atoms with Gasteiger partial charge in [-0.25, -0.2) is 9.37 Å². The van der Waals surface area contributed by atoms with Gasteiger partial charge in [0.1, 0.15) is 6.54 Å². The van der Waals surface area contributed by atoms with Crippen LogP contribution in [0.5, 0.6) is 0 Å². The predicted octanol–water partition coefficient (Wildman–Crippen LogP) is 1.24. The summed E-state index contributed by atoms with van der Waals surface area (Å²) < 4.78 is 2.04. The molecule has 0 bridgehead atoms. The van der Waals surface area contributed by atoms with E-state index in [1.807, 2.05) is 29.8 Å². The SMILES string of the molecule is CCC[N+]1=C(CN(C)Cc2ccccc2)N=C2C1C(=O)N(C)C(=O)N2C. The van der Waals surface area contributed by atoms with Gasteiger partial charge in [0.25, 0.3) is 17.8 Å². The number of nitrogens with zero attached hydrogens (tertiary/aromatic N) is 5. The maximum atomic E-state index is 12.7. The molecular weight excluding hydrogens is 330 g/mol. The van der Waals surface area contributed by atoms with Crippen LogP contribution in [-0.4, -0.2) is 83.2 Å². The van der Waals surface area contributed by atoms with Crippen LogP contribution in [-0.2, 0) is 11.3 Å². The van der Waals surface area contributed by atoms with Gasteiger partial charge in [-0.2, -0.15) is 0 Å². The molecule has 1 fully saturated rings. The molecule has 0 N–H and O–H groups in total. The lowest BCUT2D eigenvalue weighted by atomic mass is 10.1. The van der Waals surface area contributed by atoms with E-state index < -0.39 is 6.04 Å². The molecule has 1 aromatic carbocycles. The van der Waals surface area contributed by atoms with Gasteiger partial charge in [-0.15, -0.1) is 0 Å². The predicted molar refractivity (Wildman–Crippen MR) is 100 cm³/mol. The van der Waals surface area contributed by atoms with Gasteiger partial charge >= 0.3 is 11.9 Å². The van der Waals surface area contributed by atoms with Crippen LogP contribution in [0.3, 0.4) is 0 Å². The standard InChI is InChI=1S/C19H26N5O2/c1-5-11-24-15(13-21(2)12-14-9-7-6-8-10-14)20-17-16(24)18(25)23(4)19(26)22(17)3/h6-10,16H,5,11-13H2,1-4H3/q+1. The van der Waals surface area contributed by atoms with E-state index in [2.05, 4.69) is 28.9 Å². The lowest BCUT2D eigenvalue weighted by Gasteiger charge is -2.30. The van der Waals surface area contributed by atoms with Gasteiger partial charge in [0.15, 0.2) is 0 Å². The lowest BCUT2D eigenvalue weighted by Crippen LogP contribution is -2.61. The summed E-state index contributed by atoms with van der Waals surface area (Å²) in [6.07, 6.45) is 0.903. The number of rotatable bonds is 6. The highest BCUT2D eigenvalue weighted by Gasteiger charge is 2.52. The minimum absolute atomic E-state index is 0.207. The number of amides is 3. The third kappa shape index (κ3) is 3.26. The quantitative estimate of drug-likeness (QED) is 0.721. The summed E-state index contributed by atoms with van der Waals surface area (Å²) >= 11 is 0. The van der Waals surface area contributed by atoms with Crippen molar-refractivity contribution in [3.8, 4) is 0 Å². The first kappa shape index (κ1) is 18.3. The molecule has 0 radical (unpaired) electrons. The van der Waals surface area contributed by atoms with Gasteiger partial charge in [0.2, 0.25) is 0 Å². The third-order valence-corrected chi connectivity index (χ3v) is 4.78. The van der Waals surface area contributed by atoms with Crippen LogP contribution in [0.4, 0.5) is 4.79 Å². The summed E-state index contributed by atoms with van der Waals surface area (Å²) in [4.78, 5) is 34.4. The Morgan fingerprint density at radius 1 is 1.12 bits per heavy atom. The van der Waals surface area contributed by atoms with Gasteiger partial charge in [0.05, 0.1) is 6.54 Å². The lowest BCUT2D eigenvalue weighted by molar-refractivity contribution is -0.536. The molecule has 2 heterocycles. The Morgan fingerprint density at radius 3 is 2.46 bits per heavy atom. The minimum atomic E-state index is -0.497. The van der Waals surface area contributed by atoms with Crippen molar-refractivity contribution < 1.29 is 14.2 Å². The fourth-order valence-corrected chi connectivity index (χ4v) is 3.47. The molecule has 7 heteroatoms. The van der Waals surface area contributed by atoms with E-state index in [4.69, 9.17) is 0 Å². The van der Waals surface area contributed by atoms with Crippen molar-refractivity contribution in [2.24, 2.45) is 4.99 Å². The zero-order valence-electron chi connectivity index (χ0n) is 15.8. The molecule has 1 aromatic rings. The summed E-state index contributed by atoms with van der Waals surface area (Å²) in [5, 5.41) is 0. The monoisotopic (exact) mass is 356 g/mol. The number of carbonyl (C=O) groups excluding carboxylic acids is 2. The van der Waals surface area contributed by atoms with Gasteiger partial charge in [-0.1, -0.05) is 37.3 Å². The molecule has 3 amide bonds. The minimum Gasteiger partial charge on any atom is -0.291 e. The van der Waals surface area contributed by atoms with Crippen molar-refractivity contribution in [3.63, 3.8) is 0 Å². The summed E-state index contributed by atoms with van der Waals surface area (Å²) in [5.41, 5.74) is 1.23. The van der Waals surface area contributed by atoms with E-state index in [1.54, 1.807) is 7.05 Å². The van der Waals surface area contributed by atoms with E-state index in [-0.39, 0.29) is 11.9 Å². The molecule has 0 spiro atoms. The maximum absolute atomic E-state index is 12.7. The van der Waals surface area contributed by atoms with E-state index in [0.29, 0.717) is 12.4 Å². The Hall–Kier alpha value is -2.54. The number of benzene rings is 1. The molecule has 138 valence electrons. The van der Waals surface area contributed by atoms with Crippen LogP contribution >= 0.6 is 0 Å². The van der Waals surface area contributed by atoms with Crippen molar-refractivity contribution in [1.29, 1.82) is 0 Å². The van der Waals surface area contributed by atoms with Crippen LogP contribution < -0.4 is 0 Å². The Bertz CT molecular complexity index is 771. The van der Waals surface area contributed by atoms with Crippen LogP contribution in [0.15, 0.2) is 35.3 Å². The largest absolute Gasteiger partial charge is 0.333 e. The topological polar surface area (TPSA) is 59.2 Å². The van der Waals surface area contributed by atoms with Crippen LogP contribution in [0.2, 0.25) is 0 Å². The number of likely N-dealkylation sites (N-methyl/N-ethyl adjacent to an activating group) is 3. The average Bonchev–Trinajstić information content (AvgIpc) is 2.97. The van der Waals surface area contributed by atoms with E-state index in [0.717, 1.165) is 25.3 Å². The number of hydrogen-bond donors (Lipinski definition) is 0.